The Morgan fingerprint density at radius 1 is 0.825 bits per heavy atom. The predicted octanol–water partition coefficient (Wildman–Crippen LogP) is 11.5. The van der Waals surface area contributed by atoms with Crippen LogP contribution in [0, 0.1) is 6.92 Å². The van der Waals surface area contributed by atoms with E-state index in [1.54, 1.807) is 12.1 Å². The maximum atomic E-state index is 13.3. The average molecular weight is 1150 g/mol. The number of amides is 4. The fourth-order valence-corrected chi connectivity index (χ4v) is 10.8. The highest BCUT2D eigenvalue weighted by atomic mass is 79.9. The number of unbranched alkanes of at least 4 members (excludes halogenated alkanes) is 1. The molecule has 1 unspecified atom stereocenters. The van der Waals surface area contributed by atoms with Gasteiger partial charge in [0.1, 0.15) is 42.1 Å². The number of nitrogens with zero attached hydrogens (tertiary/aromatic N) is 5. The monoisotopic (exact) mass is 1150 g/mol. The van der Waals surface area contributed by atoms with E-state index < -0.39 is 35.6 Å². The van der Waals surface area contributed by atoms with Crippen LogP contribution in [-0.2, 0) is 47.4 Å². The third-order valence-corrected chi connectivity index (χ3v) is 14.8. The van der Waals surface area contributed by atoms with Crippen LogP contribution in [0.15, 0.2) is 102 Å². The number of benzene rings is 5. The van der Waals surface area contributed by atoms with E-state index in [0.717, 1.165) is 102 Å². The van der Waals surface area contributed by atoms with Gasteiger partial charge in [-0.15, -0.1) is 0 Å². The molecule has 17 heteroatoms. The van der Waals surface area contributed by atoms with Crippen LogP contribution >= 0.6 is 15.9 Å². The van der Waals surface area contributed by atoms with Crippen molar-refractivity contribution in [1.29, 1.82) is 0 Å². The normalized spacial score (nSPS) is 13.9. The second-order valence-corrected chi connectivity index (χ2v) is 21.0. The largest absolute Gasteiger partial charge is 0.487 e. The molecule has 420 valence electrons. The number of fused-ring (bicyclic) bond motifs is 3. The Bertz CT molecular complexity index is 3420. The molecule has 0 bridgehead atoms. The summed E-state index contributed by atoms with van der Waals surface area (Å²) in [5.74, 6) is -2.83. The number of piperidine rings is 1. The first kappa shape index (κ1) is 59.9. The number of halogens is 1. The van der Waals surface area contributed by atoms with Gasteiger partial charge in [-0.3, -0.25) is 43.7 Å². The molecule has 7 aromatic rings. The number of carboxylic acids is 1. The van der Waals surface area contributed by atoms with E-state index in [9.17, 15) is 38.7 Å². The lowest BCUT2D eigenvalue weighted by atomic mass is 9.96. The van der Waals surface area contributed by atoms with Crippen LogP contribution in [0.3, 0.4) is 0 Å². The van der Waals surface area contributed by atoms with Crippen LogP contribution in [0.5, 0.6) is 11.5 Å². The van der Waals surface area contributed by atoms with Crippen molar-refractivity contribution >= 4 is 79.3 Å². The van der Waals surface area contributed by atoms with Gasteiger partial charge in [-0.1, -0.05) is 117 Å². The maximum Gasteiger partial charge on any atom is 0.352 e. The number of nitrogens with one attached hydrogen (secondary N) is 1. The number of aromatic carboxylic acids is 1. The molecule has 1 saturated heterocycles. The van der Waals surface area contributed by atoms with Gasteiger partial charge >= 0.3 is 5.97 Å². The third kappa shape index (κ3) is 13.6. The standard InChI is InChI=1S/C44H49BrN4O4.C16H14N2O6.C3H8/c1-5-23-48(24-6-2)25-26-49-42-36(37(43(49)44(51)52)18-10-8-14-32-16-11-15-31-13-7-9-17-35(31)32)19-12-20-38(42)41-30(3)47(4)46-40(41)29-53-34-21-22-39(45)33(27-34)28-50;1-8(19)7-24-11-4-2-3-9-13(11)16(23)18(15(9)22)10-5-6-12(20)17-14(10)21;1-3-2/h7,9,11-13,15-17,19-22,27-28H,5-6,8,10,14,18,23-26,29H2,1-4H3,(H,51,52);2-4,10H,5-7H2,1H3,(H,17,20,21);3H2,1-2H3. The van der Waals surface area contributed by atoms with E-state index in [0.29, 0.717) is 34.4 Å². The summed E-state index contributed by atoms with van der Waals surface area (Å²) >= 11 is 3.42. The van der Waals surface area contributed by atoms with Gasteiger partial charge in [-0.25, -0.2) is 4.79 Å². The summed E-state index contributed by atoms with van der Waals surface area (Å²) in [6.45, 7) is 15.2. The molecule has 80 heavy (non-hydrogen) atoms. The highest BCUT2D eigenvalue weighted by Gasteiger charge is 2.46. The number of carbonyl (C=O) groups is 7. The lowest BCUT2D eigenvalue weighted by molar-refractivity contribution is -0.136. The van der Waals surface area contributed by atoms with Gasteiger partial charge in [0, 0.05) is 58.8 Å². The number of hydrogen-bond acceptors (Lipinski definition) is 11. The minimum Gasteiger partial charge on any atom is -0.487 e. The van der Waals surface area contributed by atoms with E-state index in [4.69, 9.17) is 14.6 Å². The van der Waals surface area contributed by atoms with Gasteiger partial charge in [0.2, 0.25) is 11.8 Å². The number of para-hydroxylation sites is 1. The summed E-state index contributed by atoms with van der Waals surface area (Å²) in [4.78, 5) is 87.7. The Morgan fingerprint density at radius 2 is 1.50 bits per heavy atom. The lowest BCUT2D eigenvalue weighted by Gasteiger charge is -2.27. The molecule has 0 spiro atoms. The first-order valence-electron chi connectivity index (χ1n) is 27.5. The van der Waals surface area contributed by atoms with E-state index >= 15 is 0 Å². The Hall–Kier alpha value is -7.76. The Labute approximate surface area is 475 Å². The third-order valence-electron chi connectivity index (χ3n) is 14.1. The zero-order chi connectivity index (χ0) is 57.6. The van der Waals surface area contributed by atoms with Crippen molar-refractivity contribution in [3.05, 3.63) is 146 Å². The molecule has 5 aromatic carbocycles. The molecule has 4 heterocycles. The molecular weight excluding hydrogens is 1080 g/mol. The zero-order valence-corrected chi connectivity index (χ0v) is 48.3. The Balaban J connectivity index is 0.000000284. The van der Waals surface area contributed by atoms with Gasteiger partial charge in [0.25, 0.3) is 11.8 Å². The highest BCUT2D eigenvalue weighted by molar-refractivity contribution is 9.10. The van der Waals surface area contributed by atoms with Gasteiger partial charge in [0.15, 0.2) is 12.1 Å². The molecule has 2 aliphatic heterocycles. The zero-order valence-electron chi connectivity index (χ0n) is 46.7. The number of aromatic nitrogens is 3. The van der Waals surface area contributed by atoms with Crippen molar-refractivity contribution < 1.29 is 48.1 Å². The molecular formula is C63H71BrN6O10. The van der Waals surface area contributed by atoms with Crippen molar-refractivity contribution in [1.82, 2.24) is 29.5 Å². The highest BCUT2D eigenvalue weighted by Crippen LogP contribution is 2.39. The number of hydrogen-bond donors (Lipinski definition) is 2. The van der Waals surface area contributed by atoms with Crippen LogP contribution in [0.4, 0.5) is 0 Å². The van der Waals surface area contributed by atoms with Crippen molar-refractivity contribution in [2.24, 2.45) is 7.05 Å². The van der Waals surface area contributed by atoms with Crippen molar-refractivity contribution in [3.8, 4) is 22.6 Å². The Morgan fingerprint density at radius 3 is 2.20 bits per heavy atom. The molecule has 4 amide bonds. The molecule has 2 aliphatic rings. The summed E-state index contributed by atoms with van der Waals surface area (Å²) in [7, 11) is 1.92. The first-order chi connectivity index (χ1) is 38.6. The fourth-order valence-electron chi connectivity index (χ4n) is 10.5. The van der Waals surface area contributed by atoms with Crippen LogP contribution in [-0.4, -0.2) is 103 Å². The summed E-state index contributed by atoms with van der Waals surface area (Å²) in [6, 6.07) is 30.0. The second kappa shape index (κ2) is 27.9. The number of imide groups is 2. The molecule has 0 saturated carbocycles. The predicted molar refractivity (Wildman–Crippen MR) is 313 cm³/mol. The summed E-state index contributed by atoms with van der Waals surface area (Å²) in [6.07, 6.45) is 7.67. The average Bonchev–Trinajstić information content (AvgIpc) is 4.03. The van der Waals surface area contributed by atoms with Crippen LogP contribution in [0.2, 0.25) is 0 Å². The van der Waals surface area contributed by atoms with Gasteiger partial charge in [0.05, 0.1) is 16.6 Å². The van der Waals surface area contributed by atoms with Crippen molar-refractivity contribution in [2.75, 3.05) is 26.2 Å². The number of aldehydes is 1. The number of carboxylic acid groups (broad SMARTS) is 1. The molecule has 2 aromatic heterocycles. The van der Waals surface area contributed by atoms with Crippen molar-refractivity contribution in [3.63, 3.8) is 0 Å². The van der Waals surface area contributed by atoms with Crippen LogP contribution < -0.4 is 14.8 Å². The lowest BCUT2D eigenvalue weighted by Crippen LogP contribution is -2.54. The molecule has 0 radical (unpaired) electrons. The summed E-state index contributed by atoms with van der Waals surface area (Å²) in [5.41, 5.74) is 7.75. The minimum atomic E-state index is -1.03. The minimum absolute atomic E-state index is 0.0356. The fraction of sp³-hybridized carbons (Fsp3) is 0.365. The van der Waals surface area contributed by atoms with Crippen molar-refractivity contribution in [2.45, 2.75) is 119 Å². The van der Waals surface area contributed by atoms with E-state index in [-0.39, 0.29) is 48.7 Å². The van der Waals surface area contributed by atoms with Gasteiger partial charge in [-0.05, 0) is 124 Å². The molecule has 0 aliphatic carbocycles. The number of ketones is 1. The molecule has 1 atom stereocenters. The number of rotatable bonds is 22. The number of carbonyl (C=O) groups excluding carboxylic acids is 6. The number of Topliss-reactive ketones (excluding diaryl/α,β-unsaturated/α-hetero) is 1. The van der Waals surface area contributed by atoms with Gasteiger partial charge in [-0.2, -0.15) is 5.10 Å². The number of ether oxygens (including phenoxy) is 2. The summed E-state index contributed by atoms with van der Waals surface area (Å²) < 4.78 is 16.2. The topological polar surface area (TPSA) is 199 Å². The van der Waals surface area contributed by atoms with Crippen LogP contribution in [0.1, 0.15) is 144 Å². The van der Waals surface area contributed by atoms with E-state index in [2.05, 4.69) is 113 Å². The summed E-state index contributed by atoms with van der Waals surface area (Å²) in [5, 5.41) is 21.4. The number of aryl methyl sites for hydroxylation is 3. The molecule has 1 fully saturated rings. The molecule has 2 N–H and O–H groups in total. The first-order valence-corrected chi connectivity index (χ1v) is 28.3. The SMILES string of the molecule is CC(=O)COc1cccc2c1C(=O)N(C1CCC(=O)NC1=O)C2=O.CCC.CCCN(CCC)CCn1c(C(=O)O)c(CCCCc2cccc3ccccc23)c2cccc(-c3c(COc4ccc(Br)c(C=O)c4)nn(C)c3C)c21. The quantitative estimate of drug-likeness (QED) is 0.0370. The van der Waals surface area contributed by atoms with Gasteiger partial charge < -0.3 is 24.0 Å². The smallest absolute Gasteiger partial charge is 0.352 e. The second-order valence-electron chi connectivity index (χ2n) is 20.1. The van der Waals surface area contributed by atoms with Crippen LogP contribution in [0.25, 0.3) is 32.8 Å². The van der Waals surface area contributed by atoms with E-state index in [1.807, 2.05) is 30.8 Å². The Kier molecular flexibility index (Phi) is 20.9. The molecule has 9 rings (SSSR count). The molecule has 16 nitrogen and oxygen atoms in total. The van der Waals surface area contributed by atoms with E-state index in [1.165, 1.54) is 47.9 Å². The maximum absolute atomic E-state index is 13.3.